The first kappa shape index (κ1) is 10.4. The molecule has 0 aliphatic rings. The molecular weight excluding hydrogens is 208 g/mol. The molecule has 2 heterocycles. The molecule has 0 spiro atoms. The minimum absolute atomic E-state index is 0.311. The van der Waals surface area contributed by atoms with Gasteiger partial charge in [0.1, 0.15) is 0 Å². The van der Waals surface area contributed by atoms with E-state index in [2.05, 4.69) is 15.3 Å². The van der Waals surface area contributed by atoms with Crippen LogP contribution in [0.1, 0.15) is 17.4 Å². The second kappa shape index (κ2) is 4.18. The Morgan fingerprint density at radius 2 is 2.44 bits per heavy atom. The summed E-state index contributed by atoms with van der Waals surface area (Å²) in [6, 6.07) is 0. The Balaban J connectivity index is 2.42. The average Bonchev–Trinajstić information content (AvgIpc) is 2.85. The summed E-state index contributed by atoms with van der Waals surface area (Å²) in [4.78, 5) is 11.6. The molecule has 0 fully saturated rings. The molecule has 0 aromatic carbocycles. The maximum atomic E-state index is 11.6. The number of aryl methyl sites for hydroxylation is 1. The fraction of sp³-hybridized carbons (Fsp3) is 0.300. The van der Waals surface area contributed by atoms with Crippen LogP contribution in [0.3, 0.4) is 0 Å². The molecule has 0 aliphatic heterocycles. The molecule has 0 radical (unpaired) electrons. The molecule has 16 heavy (non-hydrogen) atoms. The summed E-state index contributed by atoms with van der Waals surface area (Å²) < 4.78 is 6.51. The number of aromatic amines is 1. The Hall–Kier alpha value is -2.11. The standard InChI is InChI=1S/C10H12N4O2/c1-3-16-10(15)9-8(6-14(2)13-9)7-4-11-12-5-7/h4-6H,3H2,1-2H3,(H,11,12). The molecule has 2 aromatic heterocycles. The van der Waals surface area contributed by atoms with Gasteiger partial charge in [-0.2, -0.15) is 10.2 Å². The molecule has 6 nitrogen and oxygen atoms in total. The summed E-state index contributed by atoms with van der Waals surface area (Å²) in [6.45, 7) is 2.10. The largest absolute Gasteiger partial charge is 0.461 e. The van der Waals surface area contributed by atoms with E-state index in [0.29, 0.717) is 12.3 Å². The molecule has 1 N–H and O–H groups in total. The number of carbonyl (C=O) groups is 1. The number of carbonyl (C=O) groups excluding carboxylic acids is 1. The van der Waals surface area contributed by atoms with Crippen molar-refractivity contribution in [3.05, 3.63) is 24.3 Å². The predicted molar refractivity (Wildman–Crippen MR) is 56.7 cm³/mol. The lowest BCUT2D eigenvalue weighted by Crippen LogP contribution is -2.07. The van der Waals surface area contributed by atoms with Gasteiger partial charge in [0.05, 0.1) is 12.8 Å². The summed E-state index contributed by atoms with van der Waals surface area (Å²) in [7, 11) is 1.76. The van der Waals surface area contributed by atoms with Gasteiger partial charge in [0.2, 0.25) is 0 Å². The van der Waals surface area contributed by atoms with E-state index in [1.165, 1.54) is 0 Å². The number of aromatic nitrogens is 4. The van der Waals surface area contributed by atoms with Gasteiger partial charge in [-0.05, 0) is 6.92 Å². The van der Waals surface area contributed by atoms with Gasteiger partial charge in [-0.25, -0.2) is 4.79 Å². The van der Waals surface area contributed by atoms with Gasteiger partial charge in [0.15, 0.2) is 5.69 Å². The molecule has 0 bridgehead atoms. The lowest BCUT2D eigenvalue weighted by atomic mass is 10.1. The summed E-state index contributed by atoms with van der Waals surface area (Å²) in [5, 5.41) is 10.6. The maximum absolute atomic E-state index is 11.6. The van der Waals surface area contributed by atoms with E-state index >= 15 is 0 Å². The fourth-order valence-corrected chi connectivity index (χ4v) is 1.45. The molecule has 0 saturated carbocycles. The van der Waals surface area contributed by atoms with Gasteiger partial charge >= 0.3 is 5.97 Å². The minimum Gasteiger partial charge on any atom is -0.461 e. The molecule has 0 amide bonds. The van der Waals surface area contributed by atoms with E-state index in [9.17, 15) is 4.79 Å². The lowest BCUT2D eigenvalue weighted by Gasteiger charge is -1.99. The highest BCUT2D eigenvalue weighted by molar-refractivity contribution is 5.94. The number of rotatable bonds is 3. The highest BCUT2D eigenvalue weighted by Gasteiger charge is 2.18. The predicted octanol–water partition coefficient (Wildman–Crippen LogP) is 0.987. The van der Waals surface area contributed by atoms with Gasteiger partial charge in [0, 0.05) is 30.6 Å². The molecule has 2 aromatic rings. The zero-order valence-corrected chi connectivity index (χ0v) is 9.10. The summed E-state index contributed by atoms with van der Waals surface area (Å²) in [6.07, 6.45) is 5.11. The van der Waals surface area contributed by atoms with Crippen LogP contribution < -0.4 is 0 Å². The molecule has 0 unspecified atom stereocenters. The van der Waals surface area contributed by atoms with Crippen molar-refractivity contribution in [2.75, 3.05) is 6.61 Å². The fourth-order valence-electron chi connectivity index (χ4n) is 1.45. The highest BCUT2D eigenvalue weighted by atomic mass is 16.5. The Morgan fingerprint density at radius 3 is 3.06 bits per heavy atom. The Bertz CT molecular complexity index is 487. The van der Waals surface area contributed by atoms with Crippen LogP contribution in [0.15, 0.2) is 18.6 Å². The van der Waals surface area contributed by atoms with Crippen LogP contribution >= 0.6 is 0 Å². The first-order valence-corrected chi connectivity index (χ1v) is 4.92. The zero-order valence-electron chi connectivity index (χ0n) is 9.10. The van der Waals surface area contributed by atoms with Crippen LogP contribution in [0.25, 0.3) is 11.1 Å². The van der Waals surface area contributed by atoms with Crippen LogP contribution in [-0.4, -0.2) is 32.6 Å². The van der Waals surface area contributed by atoms with Gasteiger partial charge < -0.3 is 4.74 Å². The number of hydrogen-bond donors (Lipinski definition) is 1. The van der Waals surface area contributed by atoms with Crippen molar-refractivity contribution in [1.82, 2.24) is 20.0 Å². The van der Waals surface area contributed by atoms with E-state index in [-0.39, 0.29) is 0 Å². The Kier molecular flexibility index (Phi) is 2.72. The third-order valence-electron chi connectivity index (χ3n) is 2.11. The second-order valence-corrected chi connectivity index (χ2v) is 3.27. The van der Waals surface area contributed by atoms with Gasteiger partial charge in [-0.3, -0.25) is 9.78 Å². The topological polar surface area (TPSA) is 72.8 Å². The quantitative estimate of drug-likeness (QED) is 0.783. The monoisotopic (exact) mass is 220 g/mol. The molecule has 6 heteroatoms. The van der Waals surface area contributed by atoms with Crippen LogP contribution in [0.2, 0.25) is 0 Å². The van der Waals surface area contributed by atoms with Crippen LogP contribution in [0, 0.1) is 0 Å². The van der Waals surface area contributed by atoms with Crippen LogP contribution in [-0.2, 0) is 11.8 Å². The molecule has 2 rings (SSSR count). The zero-order chi connectivity index (χ0) is 11.5. The van der Waals surface area contributed by atoms with Crippen LogP contribution in [0.4, 0.5) is 0 Å². The van der Waals surface area contributed by atoms with E-state index in [1.807, 2.05) is 0 Å². The van der Waals surface area contributed by atoms with E-state index in [1.54, 1.807) is 37.2 Å². The average molecular weight is 220 g/mol. The Labute approximate surface area is 92.2 Å². The summed E-state index contributed by atoms with van der Waals surface area (Å²) >= 11 is 0. The molecule has 84 valence electrons. The third-order valence-corrected chi connectivity index (χ3v) is 2.11. The number of nitrogens with one attached hydrogen (secondary N) is 1. The van der Waals surface area contributed by atoms with Crippen molar-refractivity contribution in [2.24, 2.45) is 7.05 Å². The molecule has 0 saturated heterocycles. The molecular formula is C10H12N4O2. The van der Waals surface area contributed by atoms with E-state index in [0.717, 1.165) is 11.1 Å². The summed E-state index contributed by atoms with van der Waals surface area (Å²) in [5.41, 5.74) is 1.84. The smallest absolute Gasteiger partial charge is 0.359 e. The third kappa shape index (κ3) is 1.81. The van der Waals surface area contributed by atoms with Crippen molar-refractivity contribution in [3.63, 3.8) is 0 Å². The normalized spacial score (nSPS) is 10.4. The minimum atomic E-state index is -0.417. The van der Waals surface area contributed by atoms with Gasteiger partial charge in [0.25, 0.3) is 0 Å². The van der Waals surface area contributed by atoms with E-state index in [4.69, 9.17) is 4.74 Å². The van der Waals surface area contributed by atoms with Crippen molar-refractivity contribution in [1.29, 1.82) is 0 Å². The van der Waals surface area contributed by atoms with Crippen molar-refractivity contribution in [2.45, 2.75) is 6.92 Å². The van der Waals surface area contributed by atoms with Gasteiger partial charge in [-0.1, -0.05) is 0 Å². The number of hydrogen-bond acceptors (Lipinski definition) is 4. The SMILES string of the molecule is CCOC(=O)c1nn(C)cc1-c1cn[nH]c1. The second-order valence-electron chi connectivity index (χ2n) is 3.27. The maximum Gasteiger partial charge on any atom is 0.359 e. The lowest BCUT2D eigenvalue weighted by molar-refractivity contribution is 0.0519. The number of H-pyrrole nitrogens is 1. The number of ether oxygens (including phenoxy) is 1. The first-order chi connectivity index (χ1) is 7.72. The van der Waals surface area contributed by atoms with Crippen molar-refractivity contribution >= 4 is 5.97 Å². The number of esters is 1. The first-order valence-electron chi connectivity index (χ1n) is 4.92. The molecule has 0 aliphatic carbocycles. The van der Waals surface area contributed by atoms with Crippen molar-refractivity contribution in [3.8, 4) is 11.1 Å². The highest BCUT2D eigenvalue weighted by Crippen LogP contribution is 2.21. The molecule has 0 atom stereocenters. The van der Waals surface area contributed by atoms with Crippen molar-refractivity contribution < 1.29 is 9.53 Å². The number of nitrogens with zero attached hydrogens (tertiary/aromatic N) is 3. The van der Waals surface area contributed by atoms with Gasteiger partial charge in [-0.15, -0.1) is 0 Å². The van der Waals surface area contributed by atoms with Crippen LogP contribution in [0.5, 0.6) is 0 Å². The Morgan fingerprint density at radius 1 is 1.62 bits per heavy atom. The summed E-state index contributed by atoms with van der Waals surface area (Å²) in [5.74, 6) is -0.417. The van der Waals surface area contributed by atoms with E-state index < -0.39 is 5.97 Å².